The molecule has 6 unspecified atom stereocenters. The van der Waals surface area contributed by atoms with Gasteiger partial charge in [0.15, 0.2) is 0 Å². The van der Waals surface area contributed by atoms with Gasteiger partial charge in [-0.2, -0.15) is 0 Å². The van der Waals surface area contributed by atoms with Crippen molar-refractivity contribution in [1.82, 2.24) is 10.6 Å². The summed E-state index contributed by atoms with van der Waals surface area (Å²) in [7, 11) is 0. The van der Waals surface area contributed by atoms with Crippen LogP contribution in [0.1, 0.15) is 58.8 Å². The van der Waals surface area contributed by atoms with E-state index in [1.54, 1.807) is 0 Å². The third-order valence-electron chi connectivity index (χ3n) is 6.21. The molecule has 3 aliphatic carbocycles. The molecule has 0 spiro atoms. The molecule has 0 aromatic heterocycles. The van der Waals surface area contributed by atoms with Crippen LogP contribution < -0.4 is 10.6 Å². The van der Waals surface area contributed by atoms with E-state index in [1.807, 2.05) is 0 Å². The minimum absolute atomic E-state index is 0.203. The summed E-state index contributed by atoms with van der Waals surface area (Å²) in [4.78, 5) is 11.8. The van der Waals surface area contributed by atoms with Gasteiger partial charge in [-0.1, -0.05) is 13.3 Å². The summed E-state index contributed by atoms with van der Waals surface area (Å²) in [6, 6.07) is 1.01. The summed E-state index contributed by atoms with van der Waals surface area (Å²) in [6.45, 7) is 5.03. The molecule has 0 aliphatic heterocycles. The molecule has 0 heterocycles. The van der Waals surface area contributed by atoms with Crippen molar-refractivity contribution in [2.45, 2.75) is 70.9 Å². The lowest BCUT2D eigenvalue weighted by Gasteiger charge is -2.32. The van der Waals surface area contributed by atoms with Crippen molar-refractivity contribution in [3.63, 3.8) is 0 Å². The second-order valence-electron chi connectivity index (χ2n) is 7.34. The van der Waals surface area contributed by atoms with Crippen molar-refractivity contribution in [2.75, 3.05) is 6.54 Å². The fraction of sp³-hybridized carbons (Fsp3) is 0.941. The van der Waals surface area contributed by atoms with E-state index >= 15 is 0 Å². The Labute approximate surface area is 123 Å². The minimum Gasteiger partial charge on any atom is -0.354 e. The average Bonchev–Trinajstić information content (AvgIpc) is 3.10. The summed E-state index contributed by atoms with van der Waals surface area (Å²) in [5.41, 5.74) is 0. The van der Waals surface area contributed by atoms with Crippen LogP contribution >= 0.6 is 0 Å². The summed E-state index contributed by atoms with van der Waals surface area (Å²) in [5.74, 6) is 4.20. The first-order valence-corrected chi connectivity index (χ1v) is 8.71. The van der Waals surface area contributed by atoms with Crippen LogP contribution in [-0.2, 0) is 4.79 Å². The third-order valence-corrected chi connectivity index (χ3v) is 6.21. The molecule has 0 aromatic carbocycles. The fourth-order valence-electron chi connectivity index (χ4n) is 5.12. The zero-order valence-electron chi connectivity index (χ0n) is 13.0. The first-order chi connectivity index (χ1) is 9.69. The van der Waals surface area contributed by atoms with Crippen molar-refractivity contribution in [3.05, 3.63) is 0 Å². The standard InChI is InChI=1S/C17H30N2O/c1-3-11(2)19-17(20)7-8-18-16-10-12-9-15(16)14-6-4-5-13(12)14/h11-16,18H,3-10H2,1-2H3,(H,19,20). The largest absolute Gasteiger partial charge is 0.354 e. The minimum atomic E-state index is 0.203. The molecule has 20 heavy (non-hydrogen) atoms. The summed E-state index contributed by atoms with van der Waals surface area (Å²) in [6.07, 6.45) is 8.91. The maximum atomic E-state index is 11.8. The van der Waals surface area contributed by atoms with Crippen molar-refractivity contribution < 1.29 is 4.79 Å². The lowest BCUT2D eigenvalue weighted by molar-refractivity contribution is -0.121. The number of fused-ring (bicyclic) bond motifs is 5. The Morgan fingerprint density at radius 1 is 1.20 bits per heavy atom. The quantitative estimate of drug-likeness (QED) is 0.784. The average molecular weight is 278 g/mol. The predicted molar refractivity (Wildman–Crippen MR) is 81.3 cm³/mol. The van der Waals surface area contributed by atoms with Crippen molar-refractivity contribution in [1.29, 1.82) is 0 Å². The van der Waals surface area contributed by atoms with Crippen LogP contribution in [-0.4, -0.2) is 24.5 Å². The highest BCUT2D eigenvalue weighted by Gasteiger charge is 2.53. The maximum absolute atomic E-state index is 11.8. The van der Waals surface area contributed by atoms with Gasteiger partial charge in [-0.25, -0.2) is 0 Å². The zero-order valence-corrected chi connectivity index (χ0v) is 13.0. The molecular formula is C17H30N2O. The Kier molecular flexibility index (Phi) is 4.34. The second-order valence-corrected chi connectivity index (χ2v) is 7.34. The number of nitrogens with one attached hydrogen (secondary N) is 2. The highest BCUT2D eigenvalue weighted by molar-refractivity contribution is 5.76. The van der Waals surface area contributed by atoms with E-state index in [2.05, 4.69) is 24.5 Å². The van der Waals surface area contributed by atoms with E-state index in [0.717, 1.165) is 36.6 Å². The number of carbonyl (C=O) groups is 1. The monoisotopic (exact) mass is 278 g/mol. The van der Waals surface area contributed by atoms with E-state index in [9.17, 15) is 4.79 Å². The van der Waals surface area contributed by atoms with Gasteiger partial charge >= 0.3 is 0 Å². The van der Waals surface area contributed by atoms with Crippen molar-refractivity contribution >= 4 is 5.91 Å². The highest BCUT2D eigenvalue weighted by Crippen LogP contribution is 2.58. The lowest BCUT2D eigenvalue weighted by Crippen LogP contribution is -2.41. The van der Waals surface area contributed by atoms with E-state index in [-0.39, 0.29) is 5.91 Å². The van der Waals surface area contributed by atoms with Gasteiger partial charge in [-0.15, -0.1) is 0 Å². The molecule has 0 radical (unpaired) electrons. The zero-order chi connectivity index (χ0) is 14.1. The van der Waals surface area contributed by atoms with Crippen molar-refractivity contribution in [3.8, 4) is 0 Å². The number of carbonyl (C=O) groups excluding carboxylic acids is 1. The van der Waals surface area contributed by atoms with E-state index in [4.69, 9.17) is 0 Å². The molecule has 3 nitrogen and oxygen atoms in total. The number of rotatable bonds is 6. The molecule has 114 valence electrons. The highest BCUT2D eigenvalue weighted by atomic mass is 16.1. The smallest absolute Gasteiger partial charge is 0.221 e. The van der Waals surface area contributed by atoms with Gasteiger partial charge in [0.1, 0.15) is 0 Å². The Hall–Kier alpha value is -0.570. The first-order valence-electron chi connectivity index (χ1n) is 8.71. The van der Waals surface area contributed by atoms with Crippen LogP contribution in [0.4, 0.5) is 0 Å². The summed E-state index contributed by atoms with van der Waals surface area (Å²) >= 11 is 0. The van der Waals surface area contributed by atoms with E-state index in [0.29, 0.717) is 18.5 Å². The normalized spacial score (nSPS) is 39.8. The van der Waals surface area contributed by atoms with Crippen molar-refractivity contribution in [2.24, 2.45) is 23.7 Å². The molecule has 2 N–H and O–H groups in total. The van der Waals surface area contributed by atoms with Gasteiger partial charge in [0, 0.05) is 25.0 Å². The van der Waals surface area contributed by atoms with Gasteiger partial charge in [0.05, 0.1) is 0 Å². The van der Waals surface area contributed by atoms with Crippen LogP contribution in [0.2, 0.25) is 0 Å². The molecule has 6 atom stereocenters. The van der Waals surface area contributed by atoms with Gasteiger partial charge in [-0.3, -0.25) is 4.79 Å². The number of hydrogen-bond acceptors (Lipinski definition) is 2. The molecular weight excluding hydrogens is 248 g/mol. The van der Waals surface area contributed by atoms with E-state index < -0.39 is 0 Å². The predicted octanol–water partition coefficient (Wildman–Crippen LogP) is 2.71. The summed E-state index contributed by atoms with van der Waals surface area (Å²) < 4.78 is 0. The van der Waals surface area contributed by atoms with E-state index in [1.165, 1.54) is 32.1 Å². The molecule has 0 saturated heterocycles. The van der Waals surface area contributed by atoms with Gasteiger partial charge in [0.2, 0.25) is 5.91 Å². The first kappa shape index (κ1) is 14.4. The SMILES string of the molecule is CCC(C)NC(=O)CCNC1CC2CC1C1CCCC21. The Bertz CT molecular complexity index is 357. The van der Waals surface area contributed by atoms with Gasteiger partial charge in [0.25, 0.3) is 0 Å². The summed E-state index contributed by atoms with van der Waals surface area (Å²) in [5, 5.41) is 6.73. The molecule has 3 aliphatic rings. The van der Waals surface area contributed by atoms with Gasteiger partial charge < -0.3 is 10.6 Å². The number of hydrogen-bond donors (Lipinski definition) is 2. The Balaban J connectivity index is 1.39. The van der Waals surface area contributed by atoms with Crippen LogP contribution in [0, 0.1) is 23.7 Å². The molecule has 3 rings (SSSR count). The topological polar surface area (TPSA) is 41.1 Å². The maximum Gasteiger partial charge on any atom is 0.221 e. The van der Waals surface area contributed by atoms with Crippen LogP contribution in [0.3, 0.4) is 0 Å². The fourth-order valence-corrected chi connectivity index (χ4v) is 5.12. The molecule has 3 saturated carbocycles. The Morgan fingerprint density at radius 2 is 2.00 bits per heavy atom. The second kappa shape index (κ2) is 6.05. The van der Waals surface area contributed by atoms with Crippen LogP contribution in [0.15, 0.2) is 0 Å². The number of amides is 1. The van der Waals surface area contributed by atoms with Crippen LogP contribution in [0.25, 0.3) is 0 Å². The van der Waals surface area contributed by atoms with Crippen LogP contribution in [0.5, 0.6) is 0 Å². The lowest BCUT2D eigenvalue weighted by atomic mass is 9.79. The molecule has 3 fully saturated rings. The Morgan fingerprint density at radius 3 is 2.80 bits per heavy atom. The van der Waals surface area contributed by atoms with Gasteiger partial charge in [-0.05, 0) is 62.7 Å². The molecule has 1 amide bonds. The third kappa shape index (κ3) is 2.74. The molecule has 0 aromatic rings. The molecule has 3 heteroatoms. The molecule has 2 bridgehead atoms.